The molecular formula is C11H15NO2S. The quantitative estimate of drug-likeness (QED) is 0.739. The van der Waals surface area contributed by atoms with Gasteiger partial charge in [0.1, 0.15) is 5.01 Å². The van der Waals surface area contributed by atoms with Crippen LogP contribution in [0.15, 0.2) is 6.58 Å². The first kappa shape index (κ1) is 11.9. The van der Waals surface area contributed by atoms with Gasteiger partial charge in [0.25, 0.3) is 0 Å². The van der Waals surface area contributed by atoms with E-state index in [2.05, 4.69) is 11.6 Å². The van der Waals surface area contributed by atoms with Gasteiger partial charge in [-0.1, -0.05) is 20.4 Å². The normalized spacial score (nSPS) is 10.4. The van der Waals surface area contributed by atoms with Crippen molar-refractivity contribution in [2.45, 2.75) is 26.7 Å². The number of esters is 1. The van der Waals surface area contributed by atoms with Gasteiger partial charge in [0.15, 0.2) is 5.69 Å². The third kappa shape index (κ3) is 2.65. The molecule has 82 valence electrons. The highest BCUT2D eigenvalue weighted by molar-refractivity contribution is 7.12. The van der Waals surface area contributed by atoms with Crippen molar-refractivity contribution in [2.75, 3.05) is 6.61 Å². The summed E-state index contributed by atoms with van der Waals surface area (Å²) in [4.78, 5) is 16.7. The lowest BCUT2D eigenvalue weighted by Gasteiger charge is -2.03. The van der Waals surface area contributed by atoms with E-state index in [1.54, 1.807) is 13.0 Å². The molecule has 0 fully saturated rings. The maximum Gasteiger partial charge on any atom is 0.358 e. The Balaban J connectivity index is 3.08. The highest BCUT2D eigenvalue weighted by atomic mass is 32.1. The van der Waals surface area contributed by atoms with E-state index in [-0.39, 0.29) is 11.9 Å². The third-order valence-electron chi connectivity index (χ3n) is 1.84. The van der Waals surface area contributed by atoms with Gasteiger partial charge in [-0.25, -0.2) is 9.78 Å². The lowest BCUT2D eigenvalue weighted by atomic mass is 10.1. The van der Waals surface area contributed by atoms with Crippen molar-refractivity contribution < 1.29 is 9.53 Å². The molecule has 0 aliphatic carbocycles. The van der Waals surface area contributed by atoms with Crippen molar-refractivity contribution in [3.8, 4) is 0 Å². The van der Waals surface area contributed by atoms with E-state index in [0.717, 1.165) is 9.88 Å². The zero-order valence-corrected chi connectivity index (χ0v) is 10.1. The number of ether oxygens (including phenoxy) is 1. The Hall–Kier alpha value is -1.16. The maximum absolute atomic E-state index is 11.6. The predicted molar refractivity (Wildman–Crippen MR) is 62.3 cm³/mol. The molecule has 0 spiro atoms. The lowest BCUT2D eigenvalue weighted by molar-refractivity contribution is 0.0518. The van der Waals surface area contributed by atoms with E-state index in [4.69, 9.17) is 4.74 Å². The minimum atomic E-state index is -0.342. The number of hydrogen-bond acceptors (Lipinski definition) is 4. The molecule has 0 radical (unpaired) electrons. The van der Waals surface area contributed by atoms with Crippen LogP contribution in [0.5, 0.6) is 0 Å². The molecule has 0 N–H and O–H groups in total. The molecule has 0 aromatic carbocycles. The minimum absolute atomic E-state index is 0.274. The Morgan fingerprint density at radius 2 is 2.33 bits per heavy atom. The van der Waals surface area contributed by atoms with Crippen molar-refractivity contribution in [1.29, 1.82) is 0 Å². The number of nitrogens with zero attached hydrogens (tertiary/aromatic N) is 1. The fourth-order valence-corrected chi connectivity index (χ4v) is 2.08. The van der Waals surface area contributed by atoms with Gasteiger partial charge in [0, 0.05) is 4.88 Å². The molecule has 1 aromatic heterocycles. The van der Waals surface area contributed by atoms with Gasteiger partial charge in [0.05, 0.1) is 6.61 Å². The Bertz CT molecular complexity index is 369. The first-order valence-electron chi connectivity index (χ1n) is 4.90. The number of thiazole rings is 1. The van der Waals surface area contributed by atoms with Crippen molar-refractivity contribution in [2.24, 2.45) is 0 Å². The van der Waals surface area contributed by atoms with Gasteiger partial charge >= 0.3 is 5.97 Å². The summed E-state index contributed by atoms with van der Waals surface area (Å²) < 4.78 is 4.95. The summed E-state index contributed by atoms with van der Waals surface area (Å²) in [6.07, 6.45) is 1.65. The zero-order valence-electron chi connectivity index (χ0n) is 9.24. The van der Waals surface area contributed by atoms with Crippen LogP contribution in [0.25, 0.3) is 6.08 Å². The highest BCUT2D eigenvalue weighted by Gasteiger charge is 2.20. The van der Waals surface area contributed by atoms with Crippen LogP contribution >= 0.6 is 11.3 Å². The molecule has 0 unspecified atom stereocenters. The number of carbonyl (C=O) groups excluding carboxylic acids is 1. The SMILES string of the molecule is C=Cc1nc(C(=O)OCC)c(C(C)C)s1. The van der Waals surface area contributed by atoms with Gasteiger partial charge in [0.2, 0.25) is 0 Å². The van der Waals surface area contributed by atoms with E-state index in [0.29, 0.717) is 12.3 Å². The smallest absolute Gasteiger partial charge is 0.358 e. The number of aromatic nitrogens is 1. The number of carbonyl (C=O) groups is 1. The van der Waals surface area contributed by atoms with E-state index in [9.17, 15) is 4.79 Å². The van der Waals surface area contributed by atoms with Gasteiger partial charge in [-0.05, 0) is 18.9 Å². The first-order valence-corrected chi connectivity index (χ1v) is 5.72. The molecular weight excluding hydrogens is 210 g/mol. The predicted octanol–water partition coefficient (Wildman–Crippen LogP) is 3.09. The Kier molecular flexibility index (Phi) is 4.03. The van der Waals surface area contributed by atoms with Crippen LogP contribution in [0.2, 0.25) is 0 Å². The highest BCUT2D eigenvalue weighted by Crippen LogP contribution is 2.27. The lowest BCUT2D eigenvalue weighted by Crippen LogP contribution is -2.08. The van der Waals surface area contributed by atoms with Crippen LogP contribution in [-0.2, 0) is 4.74 Å². The fraction of sp³-hybridized carbons (Fsp3) is 0.455. The topological polar surface area (TPSA) is 39.2 Å². The molecule has 1 heterocycles. The largest absolute Gasteiger partial charge is 0.461 e. The van der Waals surface area contributed by atoms with Crippen LogP contribution in [0.4, 0.5) is 0 Å². The summed E-state index contributed by atoms with van der Waals surface area (Å²) in [7, 11) is 0. The summed E-state index contributed by atoms with van der Waals surface area (Å²) in [5.41, 5.74) is 0.437. The van der Waals surface area contributed by atoms with Crippen LogP contribution in [0.3, 0.4) is 0 Å². The summed E-state index contributed by atoms with van der Waals surface area (Å²) in [6.45, 7) is 9.87. The minimum Gasteiger partial charge on any atom is -0.461 e. The molecule has 0 aliphatic rings. The number of rotatable bonds is 4. The van der Waals surface area contributed by atoms with E-state index >= 15 is 0 Å². The van der Waals surface area contributed by atoms with Crippen molar-refractivity contribution >= 4 is 23.4 Å². The molecule has 15 heavy (non-hydrogen) atoms. The average molecular weight is 225 g/mol. The molecule has 0 saturated heterocycles. The Morgan fingerprint density at radius 1 is 1.67 bits per heavy atom. The Labute approximate surface area is 93.8 Å². The standard InChI is InChI=1S/C11H15NO2S/c1-5-8-12-9(11(13)14-6-2)10(15-8)7(3)4/h5,7H,1,6H2,2-4H3. The molecule has 0 bridgehead atoms. The average Bonchev–Trinajstić information content (AvgIpc) is 2.61. The van der Waals surface area contributed by atoms with Crippen molar-refractivity contribution in [1.82, 2.24) is 4.98 Å². The van der Waals surface area contributed by atoms with Crippen LogP contribution in [0, 0.1) is 0 Å². The first-order chi connectivity index (χ1) is 7.10. The third-order valence-corrected chi connectivity index (χ3v) is 3.19. The van der Waals surface area contributed by atoms with Crippen LogP contribution in [0.1, 0.15) is 47.1 Å². The monoisotopic (exact) mass is 225 g/mol. The second-order valence-electron chi connectivity index (χ2n) is 3.34. The van der Waals surface area contributed by atoms with Crippen LogP contribution in [-0.4, -0.2) is 17.6 Å². The van der Waals surface area contributed by atoms with Gasteiger partial charge in [-0.3, -0.25) is 0 Å². The summed E-state index contributed by atoms with van der Waals surface area (Å²) >= 11 is 1.49. The van der Waals surface area contributed by atoms with Gasteiger partial charge < -0.3 is 4.74 Å². The Morgan fingerprint density at radius 3 is 2.80 bits per heavy atom. The zero-order chi connectivity index (χ0) is 11.4. The van der Waals surface area contributed by atoms with E-state index in [1.807, 2.05) is 13.8 Å². The van der Waals surface area contributed by atoms with Crippen molar-refractivity contribution in [3.63, 3.8) is 0 Å². The second kappa shape index (κ2) is 5.07. The summed E-state index contributed by atoms with van der Waals surface area (Å²) in [6, 6.07) is 0. The van der Waals surface area contributed by atoms with E-state index in [1.165, 1.54) is 11.3 Å². The van der Waals surface area contributed by atoms with Gasteiger partial charge in [-0.2, -0.15) is 0 Å². The molecule has 0 atom stereocenters. The number of hydrogen-bond donors (Lipinski definition) is 0. The van der Waals surface area contributed by atoms with Gasteiger partial charge in [-0.15, -0.1) is 11.3 Å². The molecule has 3 nitrogen and oxygen atoms in total. The summed E-state index contributed by atoms with van der Waals surface area (Å²) in [5, 5.41) is 0.766. The molecule has 1 rings (SSSR count). The molecule has 0 amide bonds. The summed E-state index contributed by atoms with van der Waals surface area (Å²) in [5.74, 6) is -0.0684. The van der Waals surface area contributed by atoms with Crippen molar-refractivity contribution in [3.05, 3.63) is 22.2 Å². The molecule has 1 aromatic rings. The fourth-order valence-electron chi connectivity index (χ4n) is 1.17. The van der Waals surface area contributed by atoms with E-state index < -0.39 is 0 Å². The molecule has 0 aliphatic heterocycles. The maximum atomic E-state index is 11.6. The second-order valence-corrected chi connectivity index (χ2v) is 4.41. The van der Waals surface area contributed by atoms with Crippen LogP contribution < -0.4 is 0 Å². The molecule has 4 heteroatoms. The molecule has 0 saturated carbocycles.